The van der Waals surface area contributed by atoms with Crippen LogP contribution in [-0.2, 0) is 0 Å². The molecule has 78 valence electrons. The summed E-state index contributed by atoms with van der Waals surface area (Å²) in [6.07, 6.45) is 0. The smallest absolute Gasteiger partial charge is 0.337 e. The van der Waals surface area contributed by atoms with Gasteiger partial charge in [0.05, 0.1) is 0 Å². The zero-order valence-electron chi connectivity index (χ0n) is 8.45. The van der Waals surface area contributed by atoms with E-state index in [1.54, 1.807) is 0 Å². The molecule has 3 nitrogen and oxygen atoms in total. The fraction of sp³-hybridized carbons (Fsp3) is 0.182. The molecule has 2 rings (SSSR count). The SMILES string of the molecule is CN(C)c1ccc2c(Br)cc(=O)oc2c1. The van der Waals surface area contributed by atoms with Crippen molar-refractivity contribution in [2.24, 2.45) is 0 Å². The van der Waals surface area contributed by atoms with Crippen LogP contribution in [0, 0.1) is 0 Å². The Balaban J connectivity index is 2.76. The van der Waals surface area contributed by atoms with Gasteiger partial charge in [0.25, 0.3) is 0 Å². The molecule has 1 heterocycles. The fourth-order valence-corrected chi connectivity index (χ4v) is 1.90. The first-order valence-corrected chi connectivity index (χ1v) is 5.28. The minimum atomic E-state index is -0.342. The molecule has 0 bridgehead atoms. The number of benzene rings is 1. The van der Waals surface area contributed by atoms with Crippen molar-refractivity contribution in [3.8, 4) is 0 Å². The van der Waals surface area contributed by atoms with Crippen molar-refractivity contribution in [1.82, 2.24) is 0 Å². The number of fused-ring (bicyclic) bond motifs is 1. The second-order valence-corrected chi connectivity index (χ2v) is 4.34. The third-order valence-corrected chi connectivity index (χ3v) is 2.85. The molecule has 15 heavy (non-hydrogen) atoms. The van der Waals surface area contributed by atoms with Crippen molar-refractivity contribution in [1.29, 1.82) is 0 Å². The van der Waals surface area contributed by atoms with Crippen LogP contribution in [0.5, 0.6) is 0 Å². The standard InChI is InChI=1S/C11H10BrNO2/c1-13(2)7-3-4-8-9(12)6-11(14)15-10(8)5-7/h3-6H,1-2H3. The van der Waals surface area contributed by atoms with Crippen molar-refractivity contribution in [2.45, 2.75) is 0 Å². The molecule has 0 aliphatic heterocycles. The van der Waals surface area contributed by atoms with Crippen LogP contribution in [0.15, 0.2) is 37.9 Å². The lowest BCUT2D eigenvalue weighted by Gasteiger charge is -2.12. The molecule has 0 aliphatic rings. The molecule has 0 aliphatic carbocycles. The van der Waals surface area contributed by atoms with E-state index in [4.69, 9.17) is 4.42 Å². The highest BCUT2D eigenvalue weighted by Crippen LogP contribution is 2.25. The Labute approximate surface area is 95.4 Å². The van der Waals surface area contributed by atoms with Gasteiger partial charge >= 0.3 is 5.63 Å². The Kier molecular flexibility index (Phi) is 2.52. The van der Waals surface area contributed by atoms with Crippen LogP contribution in [0.2, 0.25) is 0 Å². The molecule has 0 saturated heterocycles. The summed E-state index contributed by atoms with van der Waals surface area (Å²) < 4.78 is 5.88. The van der Waals surface area contributed by atoms with Gasteiger partial charge in [-0.3, -0.25) is 0 Å². The predicted octanol–water partition coefficient (Wildman–Crippen LogP) is 2.62. The summed E-state index contributed by atoms with van der Waals surface area (Å²) in [5, 5.41) is 0.903. The van der Waals surface area contributed by atoms with E-state index < -0.39 is 0 Å². The summed E-state index contributed by atoms with van der Waals surface area (Å²) in [4.78, 5) is 13.1. The molecule has 0 atom stereocenters. The van der Waals surface area contributed by atoms with E-state index in [9.17, 15) is 4.79 Å². The van der Waals surface area contributed by atoms with E-state index in [2.05, 4.69) is 15.9 Å². The summed E-state index contributed by atoms with van der Waals surface area (Å²) >= 11 is 3.34. The molecule has 0 N–H and O–H groups in total. The average Bonchev–Trinajstić information content (AvgIpc) is 2.16. The number of hydrogen-bond acceptors (Lipinski definition) is 3. The Hall–Kier alpha value is -1.29. The monoisotopic (exact) mass is 267 g/mol. The maximum atomic E-state index is 11.2. The van der Waals surface area contributed by atoms with Gasteiger partial charge in [-0.05, 0) is 28.1 Å². The Bertz CT molecular complexity index is 560. The van der Waals surface area contributed by atoms with Gasteiger partial charge in [0.15, 0.2) is 0 Å². The van der Waals surface area contributed by atoms with E-state index >= 15 is 0 Å². The highest BCUT2D eigenvalue weighted by Gasteiger charge is 2.04. The van der Waals surface area contributed by atoms with Gasteiger partial charge in [0, 0.05) is 41.8 Å². The van der Waals surface area contributed by atoms with E-state index in [1.165, 1.54) is 6.07 Å². The quantitative estimate of drug-likeness (QED) is 0.745. The first-order chi connectivity index (χ1) is 7.08. The van der Waals surface area contributed by atoms with Crippen LogP contribution in [0.1, 0.15) is 0 Å². The van der Waals surface area contributed by atoms with Gasteiger partial charge in [-0.1, -0.05) is 0 Å². The number of anilines is 1. The maximum absolute atomic E-state index is 11.2. The first kappa shape index (κ1) is 10.2. The largest absolute Gasteiger partial charge is 0.423 e. The van der Waals surface area contributed by atoms with Gasteiger partial charge in [0.2, 0.25) is 0 Å². The molecule has 4 heteroatoms. The zero-order chi connectivity index (χ0) is 11.0. The summed E-state index contributed by atoms with van der Waals surface area (Å²) in [7, 11) is 3.88. The topological polar surface area (TPSA) is 33.5 Å². The van der Waals surface area contributed by atoms with Gasteiger partial charge in [-0.15, -0.1) is 0 Å². The van der Waals surface area contributed by atoms with E-state index in [0.717, 1.165) is 15.5 Å². The minimum Gasteiger partial charge on any atom is -0.423 e. The van der Waals surface area contributed by atoms with Crippen LogP contribution < -0.4 is 10.5 Å². The van der Waals surface area contributed by atoms with Gasteiger partial charge in [0.1, 0.15) is 5.58 Å². The second kappa shape index (κ2) is 3.70. The summed E-state index contributed by atoms with van der Waals surface area (Å²) in [6.45, 7) is 0. The zero-order valence-corrected chi connectivity index (χ0v) is 10.0. The van der Waals surface area contributed by atoms with Crippen LogP contribution in [0.3, 0.4) is 0 Å². The molecule has 0 fully saturated rings. The third kappa shape index (κ3) is 1.90. The molecule has 0 saturated carbocycles. The van der Waals surface area contributed by atoms with Crippen molar-refractivity contribution < 1.29 is 4.42 Å². The number of halogens is 1. The van der Waals surface area contributed by atoms with Crippen LogP contribution >= 0.6 is 15.9 Å². The lowest BCUT2D eigenvalue weighted by atomic mass is 10.2. The number of hydrogen-bond donors (Lipinski definition) is 0. The predicted molar refractivity (Wildman–Crippen MR) is 64.5 cm³/mol. The van der Waals surface area contributed by atoms with E-state index in [1.807, 2.05) is 37.2 Å². The molecule has 0 unspecified atom stereocenters. The summed E-state index contributed by atoms with van der Waals surface area (Å²) in [5.74, 6) is 0. The fourth-order valence-electron chi connectivity index (χ4n) is 1.39. The Morgan fingerprint density at radius 1 is 1.27 bits per heavy atom. The Morgan fingerprint density at radius 2 is 2.00 bits per heavy atom. The highest BCUT2D eigenvalue weighted by atomic mass is 79.9. The highest BCUT2D eigenvalue weighted by molar-refractivity contribution is 9.10. The van der Waals surface area contributed by atoms with Crippen LogP contribution in [-0.4, -0.2) is 14.1 Å². The van der Waals surface area contributed by atoms with Gasteiger partial charge in [-0.2, -0.15) is 0 Å². The van der Waals surface area contributed by atoms with Crippen molar-refractivity contribution in [3.05, 3.63) is 39.2 Å². The third-order valence-electron chi connectivity index (χ3n) is 2.19. The molecule has 0 amide bonds. The molecular formula is C11H10BrNO2. The Morgan fingerprint density at radius 3 is 2.67 bits per heavy atom. The maximum Gasteiger partial charge on any atom is 0.337 e. The molecule has 0 radical (unpaired) electrons. The van der Waals surface area contributed by atoms with Gasteiger partial charge in [-0.25, -0.2) is 4.79 Å². The molecule has 0 spiro atoms. The molecule has 1 aromatic heterocycles. The lowest BCUT2D eigenvalue weighted by molar-refractivity contribution is 0.560. The molecule has 2 aromatic rings. The number of rotatable bonds is 1. The van der Waals surface area contributed by atoms with E-state index in [0.29, 0.717) is 5.58 Å². The van der Waals surface area contributed by atoms with Crippen LogP contribution in [0.4, 0.5) is 5.69 Å². The summed E-state index contributed by atoms with van der Waals surface area (Å²) in [5.41, 5.74) is 1.26. The van der Waals surface area contributed by atoms with E-state index in [-0.39, 0.29) is 5.63 Å². The van der Waals surface area contributed by atoms with Crippen molar-refractivity contribution in [3.63, 3.8) is 0 Å². The average molecular weight is 268 g/mol. The minimum absolute atomic E-state index is 0.342. The summed E-state index contributed by atoms with van der Waals surface area (Å²) in [6, 6.07) is 7.18. The molecule has 1 aromatic carbocycles. The van der Waals surface area contributed by atoms with Crippen molar-refractivity contribution in [2.75, 3.05) is 19.0 Å². The van der Waals surface area contributed by atoms with Crippen LogP contribution in [0.25, 0.3) is 11.0 Å². The lowest BCUT2D eigenvalue weighted by Crippen LogP contribution is -2.08. The molecular weight excluding hydrogens is 258 g/mol. The van der Waals surface area contributed by atoms with Gasteiger partial charge < -0.3 is 9.32 Å². The second-order valence-electron chi connectivity index (χ2n) is 3.49. The normalized spacial score (nSPS) is 10.6. The van der Waals surface area contributed by atoms with Crippen molar-refractivity contribution >= 4 is 32.6 Å². The number of nitrogens with zero attached hydrogens (tertiary/aromatic N) is 1. The first-order valence-electron chi connectivity index (χ1n) is 4.48.